The quantitative estimate of drug-likeness (QED) is 0.871. The number of carbonyl (C=O) groups is 1. The highest BCUT2D eigenvalue weighted by Crippen LogP contribution is 2.30. The summed E-state index contributed by atoms with van der Waals surface area (Å²) in [6.45, 7) is 1.34. The van der Waals surface area contributed by atoms with Crippen molar-refractivity contribution < 1.29 is 13.6 Å². The fraction of sp³-hybridized carbons (Fsp3) is 0.444. The van der Waals surface area contributed by atoms with Crippen LogP contribution >= 0.6 is 0 Å². The van der Waals surface area contributed by atoms with Gasteiger partial charge in [-0.15, -0.1) is 0 Å². The van der Waals surface area contributed by atoms with Gasteiger partial charge in [0.1, 0.15) is 11.6 Å². The van der Waals surface area contributed by atoms with Crippen molar-refractivity contribution >= 4 is 5.91 Å². The summed E-state index contributed by atoms with van der Waals surface area (Å²) in [4.78, 5) is 14.3. The summed E-state index contributed by atoms with van der Waals surface area (Å²) in [5.41, 5.74) is 1.12. The molecule has 0 bridgehead atoms. The van der Waals surface area contributed by atoms with Crippen LogP contribution in [-0.4, -0.2) is 40.2 Å². The van der Waals surface area contributed by atoms with Crippen molar-refractivity contribution in [2.24, 2.45) is 7.05 Å². The number of likely N-dealkylation sites (tertiary alicyclic amines) is 1. The van der Waals surface area contributed by atoms with Crippen LogP contribution in [0.1, 0.15) is 30.0 Å². The maximum Gasteiger partial charge on any atom is 0.234 e. The van der Waals surface area contributed by atoms with Crippen molar-refractivity contribution in [3.8, 4) is 0 Å². The van der Waals surface area contributed by atoms with Gasteiger partial charge in [-0.25, -0.2) is 8.78 Å². The molecule has 0 aliphatic carbocycles. The largest absolute Gasteiger partial charge is 0.355 e. The summed E-state index contributed by atoms with van der Waals surface area (Å²) < 4.78 is 28.9. The predicted molar refractivity (Wildman–Crippen MR) is 89.8 cm³/mol. The van der Waals surface area contributed by atoms with Gasteiger partial charge in [-0.2, -0.15) is 5.10 Å². The number of nitrogens with one attached hydrogen (secondary N) is 1. The van der Waals surface area contributed by atoms with Gasteiger partial charge in [0.2, 0.25) is 5.91 Å². The molecule has 1 aromatic carbocycles. The van der Waals surface area contributed by atoms with Gasteiger partial charge in [0.25, 0.3) is 0 Å². The van der Waals surface area contributed by atoms with Gasteiger partial charge < -0.3 is 5.32 Å². The molecule has 5 nitrogen and oxygen atoms in total. The van der Waals surface area contributed by atoms with Crippen molar-refractivity contribution in [1.82, 2.24) is 20.0 Å². The van der Waals surface area contributed by atoms with E-state index in [9.17, 15) is 13.6 Å². The number of aromatic nitrogens is 2. The number of benzene rings is 1. The lowest BCUT2D eigenvalue weighted by molar-refractivity contribution is -0.122. The first kappa shape index (κ1) is 17.5. The van der Waals surface area contributed by atoms with E-state index in [1.54, 1.807) is 4.68 Å². The molecule has 0 unspecified atom stereocenters. The molecule has 1 aliphatic heterocycles. The second-order valence-electron chi connectivity index (χ2n) is 6.38. The fourth-order valence-electron chi connectivity index (χ4n) is 3.34. The van der Waals surface area contributed by atoms with Crippen molar-refractivity contribution in [3.05, 3.63) is 53.4 Å². The molecule has 3 rings (SSSR count). The molecule has 1 aromatic heterocycles. The average Bonchev–Trinajstić information content (AvgIpc) is 3.19. The monoisotopic (exact) mass is 348 g/mol. The molecule has 1 amide bonds. The van der Waals surface area contributed by atoms with E-state index in [1.807, 2.05) is 19.4 Å². The Labute approximate surface area is 145 Å². The number of nitrogens with zero attached hydrogens (tertiary/aromatic N) is 3. The summed E-state index contributed by atoms with van der Waals surface area (Å²) in [6.07, 6.45) is 5.98. The van der Waals surface area contributed by atoms with Crippen LogP contribution in [0.15, 0.2) is 30.6 Å². The summed E-state index contributed by atoms with van der Waals surface area (Å²) in [5, 5.41) is 6.95. The van der Waals surface area contributed by atoms with E-state index in [-0.39, 0.29) is 37.0 Å². The zero-order valence-corrected chi connectivity index (χ0v) is 14.2. The van der Waals surface area contributed by atoms with Crippen LogP contribution in [0, 0.1) is 11.6 Å². The van der Waals surface area contributed by atoms with Gasteiger partial charge in [-0.1, -0.05) is 6.07 Å². The number of aryl methyl sites for hydroxylation is 1. The average molecular weight is 348 g/mol. The Balaban J connectivity index is 1.50. The van der Waals surface area contributed by atoms with Crippen LogP contribution in [0.5, 0.6) is 0 Å². The van der Waals surface area contributed by atoms with E-state index in [0.717, 1.165) is 24.9 Å². The Bertz CT molecular complexity index is 726. The molecule has 134 valence electrons. The lowest BCUT2D eigenvalue weighted by Crippen LogP contribution is -2.37. The summed E-state index contributed by atoms with van der Waals surface area (Å²) >= 11 is 0. The third-order valence-electron chi connectivity index (χ3n) is 4.58. The fourth-order valence-corrected chi connectivity index (χ4v) is 3.34. The summed E-state index contributed by atoms with van der Waals surface area (Å²) in [7, 11) is 1.87. The lowest BCUT2D eigenvalue weighted by Gasteiger charge is -2.22. The second kappa shape index (κ2) is 7.74. The van der Waals surface area contributed by atoms with E-state index >= 15 is 0 Å². The van der Waals surface area contributed by atoms with Crippen molar-refractivity contribution in [2.45, 2.75) is 25.3 Å². The van der Waals surface area contributed by atoms with Crippen LogP contribution in [0.2, 0.25) is 0 Å². The molecule has 0 saturated carbocycles. The highest BCUT2D eigenvalue weighted by Gasteiger charge is 2.28. The maximum atomic E-state index is 13.6. The van der Waals surface area contributed by atoms with Crippen LogP contribution in [-0.2, 0) is 18.3 Å². The predicted octanol–water partition coefficient (Wildman–Crippen LogP) is 2.19. The third kappa shape index (κ3) is 4.22. The Morgan fingerprint density at radius 1 is 1.36 bits per heavy atom. The number of halogens is 2. The van der Waals surface area contributed by atoms with Crippen molar-refractivity contribution in [2.75, 3.05) is 19.6 Å². The van der Waals surface area contributed by atoms with Gasteiger partial charge in [0.05, 0.1) is 12.7 Å². The van der Waals surface area contributed by atoms with Gasteiger partial charge in [-0.05, 0) is 37.9 Å². The number of carbonyl (C=O) groups excluding carboxylic acids is 1. The van der Waals surface area contributed by atoms with E-state index in [0.29, 0.717) is 0 Å². The molecule has 1 N–H and O–H groups in total. The molecular weight excluding hydrogens is 326 g/mol. The molecule has 1 aliphatic rings. The zero-order chi connectivity index (χ0) is 17.8. The summed E-state index contributed by atoms with van der Waals surface area (Å²) in [6, 6.07) is 3.98. The topological polar surface area (TPSA) is 50.2 Å². The molecule has 1 fully saturated rings. The molecule has 0 spiro atoms. The molecule has 1 atom stereocenters. The highest BCUT2D eigenvalue weighted by molar-refractivity contribution is 5.78. The zero-order valence-electron chi connectivity index (χ0n) is 14.2. The molecule has 2 heterocycles. The van der Waals surface area contributed by atoms with E-state index < -0.39 is 11.6 Å². The number of hydrogen-bond acceptors (Lipinski definition) is 3. The van der Waals surface area contributed by atoms with Crippen molar-refractivity contribution in [1.29, 1.82) is 0 Å². The molecule has 25 heavy (non-hydrogen) atoms. The first-order valence-corrected chi connectivity index (χ1v) is 8.47. The molecular formula is C18H22F2N4O. The van der Waals surface area contributed by atoms with Crippen LogP contribution in [0.4, 0.5) is 8.78 Å². The lowest BCUT2D eigenvalue weighted by atomic mass is 10.1. The smallest absolute Gasteiger partial charge is 0.234 e. The Morgan fingerprint density at radius 3 is 2.80 bits per heavy atom. The number of hydrogen-bond donors (Lipinski definition) is 1. The Kier molecular flexibility index (Phi) is 5.43. The van der Waals surface area contributed by atoms with Crippen LogP contribution < -0.4 is 5.32 Å². The minimum absolute atomic E-state index is 0.0113. The first-order valence-electron chi connectivity index (χ1n) is 8.47. The van der Waals surface area contributed by atoms with E-state index in [2.05, 4.69) is 15.3 Å². The van der Waals surface area contributed by atoms with Crippen LogP contribution in [0.25, 0.3) is 0 Å². The minimum atomic E-state index is -0.578. The highest BCUT2D eigenvalue weighted by atomic mass is 19.1. The maximum absolute atomic E-state index is 13.6. The van der Waals surface area contributed by atoms with Crippen molar-refractivity contribution in [3.63, 3.8) is 0 Å². The van der Waals surface area contributed by atoms with Gasteiger partial charge in [0, 0.05) is 37.0 Å². The van der Waals surface area contributed by atoms with Gasteiger partial charge >= 0.3 is 0 Å². The summed E-state index contributed by atoms with van der Waals surface area (Å²) in [5.74, 6) is -1.29. The Hall–Kier alpha value is -2.28. The van der Waals surface area contributed by atoms with Gasteiger partial charge in [0.15, 0.2) is 0 Å². The first-order chi connectivity index (χ1) is 12.0. The molecule has 1 saturated heterocycles. The Morgan fingerprint density at radius 2 is 2.12 bits per heavy atom. The van der Waals surface area contributed by atoms with E-state index in [4.69, 9.17) is 0 Å². The van der Waals surface area contributed by atoms with Crippen LogP contribution in [0.3, 0.4) is 0 Å². The third-order valence-corrected chi connectivity index (χ3v) is 4.58. The molecule has 2 aromatic rings. The SMILES string of the molecule is Cn1cc([C@H]2CCCN2CC(=O)NCCc2c(F)cccc2F)cn1. The second-order valence-corrected chi connectivity index (χ2v) is 6.38. The normalized spacial score (nSPS) is 17.8. The van der Waals surface area contributed by atoms with E-state index in [1.165, 1.54) is 18.2 Å². The standard InChI is InChI=1S/C18H22F2N4O/c1-23-11-13(10-22-23)17-6-3-9-24(17)12-18(25)21-8-7-14-15(19)4-2-5-16(14)20/h2,4-5,10-11,17H,3,6-9,12H2,1H3,(H,21,25)/t17-/m1/s1. The molecule has 7 heteroatoms. The van der Waals surface area contributed by atoms with Gasteiger partial charge in [-0.3, -0.25) is 14.4 Å². The molecule has 0 radical (unpaired) electrons. The number of amides is 1. The number of rotatable bonds is 6. The minimum Gasteiger partial charge on any atom is -0.355 e.